The van der Waals surface area contributed by atoms with Gasteiger partial charge in [0.1, 0.15) is 0 Å². The number of hydrogen-bond donors (Lipinski definition) is 2. The molecule has 2 aliphatic rings. The van der Waals surface area contributed by atoms with Crippen molar-refractivity contribution in [2.24, 2.45) is 0 Å². The zero-order valence-corrected chi connectivity index (χ0v) is 6.40. The van der Waals surface area contributed by atoms with Crippen LogP contribution in [0.1, 0.15) is 25.7 Å². The second-order valence-corrected chi connectivity index (χ2v) is 3.48. The summed E-state index contributed by atoms with van der Waals surface area (Å²) in [6.07, 6.45) is 5.57. The Hall–Kier alpha value is -0.0800. The van der Waals surface area contributed by atoms with Crippen molar-refractivity contribution in [1.29, 1.82) is 0 Å². The predicted octanol–water partition coefficient (Wildman–Crippen LogP) is 0.490. The molecule has 10 heavy (non-hydrogen) atoms. The lowest BCUT2D eigenvalue weighted by molar-refractivity contribution is 0.534. The van der Waals surface area contributed by atoms with Gasteiger partial charge in [-0.25, -0.2) is 0 Å². The second-order valence-electron chi connectivity index (χ2n) is 3.48. The van der Waals surface area contributed by atoms with Crippen LogP contribution in [0.5, 0.6) is 0 Å². The van der Waals surface area contributed by atoms with Gasteiger partial charge in [0.05, 0.1) is 0 Å². The van der Waals surface area contributed by atoms with Crippen LogP contribution < -0.4 is 10.6 Å². The SMILES string of the molecule is C1CN[C@H](CNC2CC2)C1. The van der Waals surface area contributed by atoms with Gasteiger partial charge in [0.25, 0.3) is 0 Å². The quantitative estimate of drug-likeness (QED) is 0.596. The molecule has 2 heteroatoms. The van der Waals surface area contributed by atoms with Crippen LogP contribution in [0.15, 0.2) is 0 Å². The van der Waals surface area contributed by atoms with E-state index in [9.17, 15) is 0 Å². The summed E-state index contributed by atoms with van der Waals surface area (Å²) in [6.45, 7) is 2.43. The molecule has 2 rings (SSSR count). The average molecular weight is 140 g/mol. The number of rotatable bonds is 3. The first kappa shape index (κ1) is 6.62. The van der Waals surface area contributed by atoms with Crippen molar-refractivity contribution in [1.82, 2.24) is 10.6 Å². The van der Waals surface area contributed by atoms with Crippen LogP contribution in [0.25, 0.3) is 0 Å². The minimum Gasteiger partial charge on any atom is -0.313 e. The first-order chi connectivity index (χ1) is 4.95. The molecule has 0 aromatic carbocycles. The zero-order valence-electron chi connectivity index (χ0n) is 6.40. The Morgan fingerprint density at radius 2 is 2.20 bits per heavy atom. The van der Waals surface area contributed by atoms with Gasteiger partial charge >= 0.3 is 0 Å². The van der Waals surface area contributed by atoms with E-state index in [-0.39, 0.29) is 0 Å². The van der Waals surface area contributed by atoms with E-state index in [0.717, 1.165) is 12.1 Å². The Bertz CT molecular complexity index is 104. The van der Waals surface area contributed by atoms with E-state index >= 15 is 0 Å². The summed E-state index contributed by atoms with van der Waals surface area (Å²) in [5.41, 5.74) is 0. The topological polar surface area (TPSA) is 24.1 Å². The lowest BCUT2D eigenvalue weighted by Gasteiger charge is -2.09. The summed E-state index contributed by atoms with van der Waals surface area (Å²) >= 11 is 0. The highest BCUT2D eigenvalue weighted by Crippen LogP contribution is 2.18. The van der Waals surface area contributed by atoms with E-state index in [0.29, 0.717) is 0 Å². The van der Waals surface area contributed by atoms with Gasteiger partial charge in [-0.15, -0.1) is 0 Å². The molecule has 0 amide bonds. The normalized spacial score (nSPS) is 33.0. The van der Waals surface area contributed by atoms with Gasteiger partial charge in [-0.2, -0.15) is 0 Å². The number of nitrogens with one attached hydrogen (secondary N) is 2. The van der Waals surface area contributed by atoms with Gasteiger partial charge in [-0.1, -0.05) is 0 Å². The Labute approximate surface area is 62.4 Å². The van der Waals surface area contributed by atoms with Gasteiger partial charge in [0, 0.05) is 18.6 Å². The molecule has 1 aliphatic heterocycles. The maximum Gasteiger partial charge on any atom is 0.0193 e. The van der Waals surface area contributed by atoms with E-state index in [4.69, 9.17) is 0 Å². The van der Waals surface area contributed by atoms with Crippen molar-refractivity contribution in [2.45, 2.75) is 37.8 Å². The maximum atomic E-state index is 3.54. The third-order valence-electron chi connectivity index (χ3n) is 2.39. The van der Waals surface area contributed by atoms with E-state index in [1.54, 1.807) is 0 Å². The van der Waals surface area contributed by atoms with E-state index in [1.807, 2.05) is 0 Å². The van der Waals surface area contributed by atoms with Crippen molar-refractivity contribution in [3.63, 3.8) is 0 Å². The first-order valence-electron chi connectivity index (χ1n) is 4.42. The van der Waals surface area contributed by atoms with Crippen LogP contribution >= 0.6 is 0 Å². The molecule has 0 radical (unpaired) electrons. The van der Waals surface area contributed by atoms with Crippen molar-refractivity contribution in [3.8, 4) is 0 Å². The molecule has 1 atom stereocenters. The molecule has 1 saturated heterocycles. The molecule has 1 saturated carbocycles. The van der Waals surface area contributed by atoms with Crippen LogP contribution in [-0.4, -0.2) is 25.2 Å². The molecule has 0 unspecified atom stereocenters. The molecule has 0 bridgehead atoms. The fraction of sp³-hybridized carbons (Fsp3) is 1.00. The molecule has 0 spiro atoms. The van der Waals surface area contributed by atoms with Gasteiger partial charge in [0.2, 0.25) is 0 Å². The largest absolute Gasteiger partial charge is 0.313 e. The lowest BCUT2D eigenvalue weighted by atomic mass is 10.2. The average Bonchev–Trinajstić information content (AvgIpc) is 2.63. The lowest BCUT2D eigenvalue weighted by Crippen LogP contribution is -2.34. The zero-order chi connectivity index (χ0) is 6.81. The van der Waals surface area contributed by atoms with Crippen molar-refractivity contribution < 1.29 is 0 Å². The van der Waals surface area contributed by atoms with Gasteiger partial charge in [-0.05, 0) is 32.2 Å². The van der Waals surface area contributed by atoms with E-state index in [1.165, 1.54) is 38.8 Å². The molecule has 1 aliphatic carbocycles. The monoisotopic (exact) mass is 140 g/mol. The van der Waals surface area contributed by atoms with Crippen LogP contribution in [-0.2, 0) is 0 Å². The van der Waals surface area contributed by atoms with Crippen molar-refractivity contribution in [2.75, 3.05) is 13.1 Å². The molecule has 1 heterocycles. The Morgan fingerprint density at radius 3 is 2.80 bits per heavy atom. The molecule has 0 aromatic rings. The van der Waals surface area contributed by atoms with Crippen LogP contribution in [0.3, 0.4) is 0 Å². The molecule has 2 N–H and O–H groups in total. The van der Waals surface area contributed by atoms with E-state index in [2.05, 4.69) is 10.6 Å². The Morgan fingerprint density at radius 1 is 1.30 bits per heavy atom. The first-order valence-corrected chi connectivity index (χ1v) is 4.42. The van der Waals surface area contributed by atoms with Crippen LogP contribution in [0.2, 0.25) is 0 Å². The predicted molar refractivity (Wildman–Crippen MR) is 42.0 cm³/mol. The fourth-order valence-electron chi connectivity index (χ4n) is 1.53. The second kappa shape index (κ2) is 2.89. The third kappa shape index (κ3) is 1.70. The smallest absolute Gasteiger partial charge is 0.0193 e. The highest BCUT2D eigenvalue weighted by molar-refractivity contribution is 4.84. The highest BCUT2D eigenvalue weighted by atomic mass is 15.0. The summed E-state index contributed by atoms with van der Waals surface area (Å²) in [7, 11) is 0. The van der Waals surface area contributed by atoms with Crippen LogP contribution in [0, 0.1) is 0 Å². The Balaban J connectivity index is 1.59. The molecule has 0 aromatic heterocycles. The minimum absolute atomic E-state index is 0.778. The molecule has 2 fully saturated rings. The molecule has 58 valence electrons. The van der Waals surface area contributed by atoms with Gasteiger partial charge < -0.3 is 10.6 Å². The fourth-order valence-corrected chi connectivity index (χ4v) is 1.53. The Kier molecular flexibility index (Phi) is 1.91. The third-order valence-corrected chi connectivity index (χ3v) is 2.39. The summed E-state index contributed by atoms with van der Waals surface area (Å²) < 4.78 is 0. The van der Waals surface area contributed by atoms with Crippen molar-refractivity contribution >= 4 is 0 Å². The van der Waals surface area contributed by atoms with Gasteiger partial charge in [-0.3, -0.25) is 0 Å². The molecule has 2 nitrogen and oxygen atoms in total. The van der Waals surface area contributed by atoms with E-state index < -0.39 is 0 Å². The van der Waals surface area contributed by atoms with Gasteiger partial charge in [0.15, 0.2) is 0 Å². The molecular weight excluding hydrogens is 124 g/mol. The number of hydrogen-bond acceptors (Lipinski definition) is 2. The van der Waals surface area contributed by atoms with Crippen molar-refractivity contribution in [3.05, 3.63) is 0 Å². The standard InChI is InChI=1S/C8H16N2/c1-2-8(9-5-1)6-10-7-3-4-7/h7-10H,1-6H2/t8-/m0/s1. The highest BCUT2D eigenvalue weighted by Gasteiger charge is 2.22. The minimum atomic E-state index is 0.778. The molecular formula is C8H16N2. The van der Waals surface area contributed by atoms with Crippen LogP contribution in [0.4, 0.5) is 0 Å². The summed E-state index contributed by atoms with van der Waals surface area (Å²) in [5.74, 6) is 0. The summed E-state index contributed by atoms with van der Waals surface area (Å²) in [6, 6.07) is 1.66. The summed E-state index contributed by atoms with van der Waals surface area (Å²) in [4.78, 5) is 0. The maximum absolute atomic E-state index is 3.54. The summed E-state index contributed by atoms with van der Waals surface area (Å²) in [5, 5.41) is 7.01.